The molecular weight excluding hydrogens is 196 g/mol. The largest absolute Gasteiger partial charge is 0.370 e. The third-order valence-corrected chi connectivity index (χ3v) is 1.74. The van der Waals surface area contributed by atoms with E-state index in [2.05, 4.69) is 10.4 Å². The normalized spacial score (nSPS) is 10.3. The number of carbonyl (C=O) groups excluding carboxylic acids is 1. The smallest absolute Gasteiger partial charge is 0.246 e. The summed E-state index contributed by atoms with van der Waals surface area (Å²) in [5.41, 5.74) is 6.18. The van der Waals surface area contributed by atoms with Gasteiger partial charge in [0.25, 0.3) is 0 Å². The van der Waals surface area contributed by atoms with Gasteiger partial charge in [0.15, 0.2) is 0 Å². The minimum Gasteiger partial charge on any atom is -0.370 e. The minimum absolute atomic E-state index is 0.0530. The molecule has 1 rings (SSSR count). The van der Waals surface area contributed by atoms with Gasteiger partial charge in [0, 0.05) is 31.9 Å². The van der Waals surface area contributed by atoms with Crippen LogP contribution in [-0.4, -0.2) is 35.4 Å². The van der Waals surface area contributed by atoms with Gasteiger partial charge in [0.2, 0.25) is 5.91 Å². The van der Waals surface area contributed by atoms with Crippen LogP contribution in [0.2, 0.25) is 0 Å². The molecule has 0 aromatic carbocycles. The number of nitrogens with one attached hydrogen (secondary N) is 1. The Hall–Kier alpha value is -1.40. The average Bonchev–Trinajstić information content (AvgIpc) is 2.62. The van der Waals surface area contributed by atoms with Gasteiger partial charge in [-0.1, -0.05) is 0 Å². The molecule has 1 aromatic heterocycles. The lowest BCUT2D eigenvalue weighted by atomic mass is 10.3. The van der Waals surface area contributed by atoms with Crippen molar-refractivity contribution in [2.45, 2.75) is 6.54 Å². The molecule has 0 radical (unpaired) electrons. The van der Waals surface area contributed by atoms with E-state index in [1.54, 1.807) is 10.9 Å². The molecule has 0 aliphatic heterocycles. The van der Waals surface area contributed by atoms with Crippen molar-refractivity contribution in [3.05, 3.63) is 18.0 Å². The van der Waals surface area contributed by atoms with Crippen molar-refractivity contribution < 1.29 is 9.53 Å². The number of carbonyl (C=O) groups is 1. The average molecular weight is 212 g/mol. The fourth-order valence-electron chi connectivity index (χ4n) is 1.06. The van der Waals surface area contributed by atoms with Crippen LogP contribution < -0.4 is 11.1 Å². The van der Waals surface area contributed by atoms with Crippen LogP contribution in [-0.2, 0) is 23.1 Å². The van der Waals surface area contributed by atoms with Gasteiger partial charge in [0.1, 0.15) is 6.61 Å². The van der Waals surface area contributed by atoms with E-state index in [0.29, 0.717) is 19.7 Å². The Labute approximate surface area is 88.4 Å². The molecule has 1 aromatic rings. The number of nitrogens with two attached hydrogens (primary N) is 1. The molecule has 84 valence electrons. The summed E-state index contributed by atoms with van der Waals surface area (Å²) in [5, 5.41) is 6.70. The first kappa shape index (κ1) is 11.7. The fourth-order valence-corrected chi connectivity index (χ4v) is 1.06. The summed E-state index contributed by atoms with van der Waals surface area (Å²) < 4.78 is 6.67. The molecule has 0 spiro atoms. The topological polar surface area (TPSA) is 82.2 Å². The molecule has 0 saturated carbocycles. The summed E-state index contributed by atoms with van der Waals surface area (Å²) in [6.45, 7) is 1.35. The lowest BCUT2D eigenvalue weighted by Gasteiger charge is -2.03. The van der Waals surface area contributed by atoms with E-state index in [0.717, 1.165) is 5.56 Å². The molecule has 15 heavy (non-hydrogen) atoms. The zero-order valence-electron chi connectivity index (χ0n) is 8.77. The van der Waals surface area contributed by atoms with Gasteiger partial charge in [-0.05, 0) is 0 Å². The van der Waals surface area contributed by atoms with Gasteiger partial charge in [-0.25, -0.2) is 0 Å². The first-order valence-corrected chi connectivity index (χ1v) is 4.74. The summed E-state index contributed by atoms with van der Waals surface area (Å²) in [6.07, 6.45) is 3.56. The third-order valence-electron chi connectivity index (χ3n) is 1.74. The van der Waals surface area contributed by atoms with E-state index in [9.17, 15) is 4.79 Å². The molecule has 0 atom stereocenters. The van der Waals surface area contributed by atoms with Crippen LogP contribution in [0.5, 0.6) is 0 Å². The molecule has 0 unspecified atom stereocenters. The number of ether oxygens (including phenoxy) is 1. The summed E-state index contributed by atoms with van der Waals surface area (Å²) in [7, 11) is 1.83. The monoisotopic (exact) mass is 212 g/mol. The van der Waals surface area contributed by atoms with Crippen LogP contribution in [0.15, 0.2) is 12.4 Å². The first-order chi connectivity index (χ1) is 7.22. The van der Waals surface area contributed by atoms with Crippen molar-refractivity contribution in [1.29, 1.82) is 0 Å². The number of aromatic nitrogens is 2. The second kappa shape index (κ2) is 6.15. The van der Waals surface area contributed by atoms with Crippen LogP contribution in [0.3, 0.4) is 0 Å². The van der Waals surface area contributed by atoms with Crippen LogP contribution in [0.4, 0.5) is 0 Å². The maximum Gasteiger partial charge on any atom is 0.246 e. The predicted molar refractivity (Wildman–Crippen MR) is 54.9 cm³/mol. The highest BCUT2D eigenvalue weighted by Crippen LogP contribution is 1.94. The van der Waals surface area contributed by atoms with Crippen LogP contribution in [0, 0.1) is 0 Å². The van der Waals surface area contributed by atoms with E-state index in [-0.39, 0.29) is 12.5 Å². The Kier molecular flexibility index (Phi) is 4.79. The minimum atomic E-state index is -0.146. The molecule has 6 heteroatoms. The zero-order valence-corrected chi connectivity index (χ0v) is 8.77. The van der Waals surface area contributed by atoms with Crippen molar-refractivity contribution in [2.75, 3.05) is 19.8 Å². The Balaban J connectivity index is 2.16. The highest BCUT2D eigenvalue weighted by atomic mass is 16.5. The molecule has 3 N–H and O–H groups in total. The van der Waals surface area contributed by atoms with Crippen molar-refractivity contribution in [3.63, 3.8) is 0 Å². The van der Waals surface area contributed by atoms with Gasteiger partial charge in [-0.2, -0.15) is 5.10 Å². The number of rotatable bonds is 6. The quantitative estimate of drug-likeness (QED) is 0.593. The number of aryl methyl sites for hydroxylation is 1. The summed E-state index contributed by atoms with van der Waals surface area (Å²) in [5.74, 6) is -0.146. The van der Waals surface area contributed by atoms with Gasteiger partial charge in [-0.3, -0.25) is 9.48 Å². The second-order valence-electron chi connectivity index (χ2n) is 3.14. The van der Waals surface area contributed by atoms with Gasteiger partial charge >= 0.3 is 0 Å². The van der Waals surface area contributed by atoms with Gasteiger partial charge in [-0.15, -0.1) is 0 Å². The van der Waals surface area contributed by atoms with Gasteiger partial charge < -0.3 is 15.8 Å². The Morgan fingerprint density at radius 2 is 2.53 bits per heavy atom. The van der Waals surface area contributed by atoms with Crippen molar-refractivity contribution >= 4 is 5.91 Å². The number of hydrogen-bond donors (Lipinski definition) is 2. The fraction of sp³-hybridized carbons (Fsp3) is 0.556. The van der Waals surface area contributed by atoms with E-state index < -0.39 is 0 Å². The third kappa shape index (κ3) is 4.57. The molecular formula is C9H16N4O2. The van der Waals surface area contributed by atoms with Crippen LogP contribution >= 0.6 is 0 Å². The summed E-state index contributed by atoms with van der Waals surface area (Å²) >= 11 is 0. The highest BCUT2D eigenvalue weighted by Gasteiger charge is 2.01. The Morgan fingerprint density at radius 3 is 3.13 bits per heavy atom. The maximum atomic E-state index is 11.2. The zero-order chi connectivity index (χ0) is 11.1. The van der Waals surface area contributed by atoms with Crippen molar-refractivity contribution in [1.82, 2.24) is 15.1 Å². The summed E-state index contributed by atoms with van der Waals surface area (Å²) in [6, 6.07) is 0. The molecule has 0 saturated heterocycles. The Morgan fingerprint density at radius 1 is 1.73 bits per heavy atom. The standard InChI is InChI=1S/C9H16N4O2/c1-13-6-8(5-12-13)4-11-9(14)7-15-3-2-10/h5-6H,2-4,7,10H2,1H3,(H,11,14). The molecule has 6 nitrogen and oxygen atoms in total. The van der Waals surface area contributed by atoms with Crippen LogP contribution in [0.1, 0.15) is 5.56 Å². The highest BCUT2D eigenvalue weighted by molar-refractivity contribution is 5.77. The van der Waals surface area contributed by atoms with Gasteiger partial charge in [0.05, 0.1) is 12.8 Å². The van der Waals surface area contributed by atoms with E-state index in [4.69, 9.17) is 10.5 Å². The molecule has 1 heterocycles. The number of hydrogen-bond acceptors (Lipinski definition) is 4. The van der Waals surface area contributed by atoms with Crippen molar-refractivity contribution in [2.24, 2.45) is 12.8 Å². The molecule has 0 aliphatic rings. The predicted octanol–water partition coefficient (Wildman–Crippen LogP) is -0.988. The van der Waals surface area contributed by atoms with E-state index >= 15 is 0 Å². The number of nitrogens with zero attached hydrogens (tertiary/aromatic N) is 2. The van der Waals surface area contributed by atoms with Crippen LogP contribution in [0.25, 0.3) is 0 Å². The number of amides is 1. The van der Waals surface area contributed by atoms with Crippen molar-refractivity contribution in [3.8, 4) is 0 Å². The maximum absolute atomic E-state index is 11.2. The molecule has 0 aliphatic carbocycles. The Bertz CT molecular complexity index is 311. The molecule has 1 amide bonds. The summed E-state index contributed by atoms with van der Waals surface area (Å²) in [4.78, 5) is 11.2. The second-order valence-corrected chi connectivity index (χ2v) is 3.14. The first-order valence-electron chi connectivity index (χ1n) is 4.74. The molecule has 0 bridgehead atoms. The molecule has 0 fully saturated rings. The van der Waals surface area contributed by atoms with E-state index in [1.807, 2.05) is 13.2 Å². The lowest BCUT2D eigenvalue weighted by Crippen LogP contribution is -2.27. The van der Waals surface area contributed by atoms with E-state index in [1.165, 1.54) is 0 Å². The SMILES string of the molecule is Cn1cc(CNC(=O)COCCN)cn1. The lowest BCUT2D eigenvalue weighted by molar-refractivity contribution is -0.125.